The molecule has 0 heterocycles. The molecule has 6 atom stereocenters. The lowest BCUT2D eigenvalue weighted by Gasteiger charge is -2.44. The van der Waals surface area contributed by atoms with Crippen LogP contribution >= 0.6 is 0 Å². The molecule has 0 radical (unpaired) electrons. The van der Waals surface area contributed by atoms with E-state index in [-0.39, 0.29) is 0 Å². The van der Waals surface area contributed by atoms with Gasteiger partial charge < -0.3 is 4.74 Å². The zero-order valence-corrected chi connectivity index (χ0v) is 15.3. The highest BCUT2D eigenvalue weighted by atomic mass is 16.5. The first-order valence-corrected chi connectivity index (χ1v) is 9.53. The maximum Gasteiger partial charge on any atom is 0.0612 e. The van der Waals surface area contributed by atoms with Crippen LogP contribution in [0.5, 0.6) is 0 Å². The molecule has 2 rings (SSSR count). The van der Waals surface area contributed by atoms with Gasteiger partial charge >= 0.3 is 0 Å². The quantitative estimate of drug-likeness (QED) is 0.625. The minimum atomic E-state index is 0.519. The van der Waals surface area contributed by atoms with Crippen LogP contribution in [0.1, 0.15) is 80.1 Å². The number of ether oxygens (including phenoxy) is 1. The molecular formula is C20H38O. The van der Waals surface area contributed by atoms with Crippen molar-refractivity contribution in [3.63, 3.8) is 0 Å². The van der Waals surface area contributed by atoms with E-state index >= 15 is 0 Å². The number of rotatable bonds is 4. The first kappa shape index (κ1) is 17.3. The summed E-state index contributed by atoms with van der Waals surface area (Å²) in [5.41, 5.74) is 0. The van der Waals surface area contributed by atoms with Gasteiger partial charge in [-0.25, -0.2) is 0 Å². The lowest BCUT2D eigenvalue weighted by molar-refractivity contribution is -0.123. The Balaban J connectivity index is 2.04. The Hall–Kier alpha value is -0.0400. The summed E-state index contributed by atoms with van der Waals surface area (Å²) in [4.78, 5) is 0. The van der Waals surface area contributed by atoms with Crippen molar-refractivity contribution < 1.29 is 4.74 Å². The second-order valence-corrected chi connectivity index (χ2v) is 8.87. The fraction of sp³-hybridized carbons (Fsp3) is 1.00. The van der Waals surface area contributed by atoms with Crippen molar-refractivity contribution in [3.8, 4) is 0 Å². The Morgan fingerprint density at radius 3 is 1.38 bits per heavy atom. The van der Waals surface area contributed by atoms with Crippen LogP contribution in [-0.4, -0.2) is 12.2 Å². The molecule has 2 aliphatic rings. The van der Waals surface area contributed by atoms with E-state index in [0.29, 0.717) is 12.2 Å². The molecule has 0 bridgehead atoms. The Kier molecular flexibility index (Phi) is 6.17. The van der Waals surface area contributed by atoms with E-state index in [1.54, 1.807) is 0 Å². The van der Waals surface area contributed by atoms with Gasteiger partial charge in [0.15, 0.2) is 0 Å². The predicted molar refractivity (Wildman–Crippen MR) is 91.3 cm³/mol. The van der Waals surface area contributed by atoms with Crippen molar-refractivity contribution in [3.05, 3.63) is 0 Å². The molecule has 2 aliphatic carbocycles. The van der Waals surface area contributed by atoms with Crippen molar-refractivity contribution in [2.45, 2.75) is 92.3 Å². The van der Waals surface area contributed by atoms with E-state index in [9.17, 15) is 0 Å². The Morgan fingerprint density at radius 2 is 1.05 bits per heavy atom. The normalized spacial score (nSPS) is 41.7. The SMILES string of the molecule is CC(C)[C@H]1CC[C@H](C)C[C@@H]1O[C@H]1C[C@@H](C)CC[C@@H]1C(C)C. The molecule has 2 fully saturated rings. The van der Waals surface area contributed by atoms with Crippen molar-refractivity contribution >= 4 is 0 Å². The zero-order chi connectivity index (χ0) is 15.6. The van der Waals surface area contributed by atoms with E-state index < -0.39 is 0 Å². The lowest BCUT2D eigenvalue weighted by Crippen LogP contribution is -2.42. The topological polar surface area (TPSA) is 9.23 Å². The van der Waals surface area contributed by atoms with Crippen molar-refractivity contribution in [1.82, 2.24) is 0 Å². The van der Waals surface area contributed by atoms with Crippen LogP contribution in [0, 0.1) is 35.5 Å². The summed E-state index contributed by atoms with van der Waals surface area (Å²) in [6.45, 7) is 14.4. The van der Waals surface area contributed by atoms with Gasteiger partial charge in [0.25, 0.3) is 0 Å². The van der Waals surface area contributed by atoms with Gasteiger partial charge in [-0.05, 0) is 61.2 Å². The molecule has 0 N–H and O–H groups in total. The second kappa shape index (κ2) is 7.49. The fourth-order valence-electron chi connectivity index (χ4n) is 4.77. The van der Waals surface area contributed by atoms with Gasteiger partial charge in [-0.2, -0.15) is 0 Å². The van der Waals surface area contributed by atoms with E-state index in [2.05, 4.69) is 41.5 Å². The summed E-state index contributed by atoms with van der Waals surface area (Å²) in [6.07, 6.45) is 9.16. The third kappa shape index (κ3) is 4.47. The monoisotopic (exact) mass is 294 g/mol. The van der Waals surface area contributed by atoms with Gasteiger partial charge in [0.05, 0.1) is 12.2 Å². The Morgan fingerprint density at radius 1 is 0.667 bits per heavy atom. The molecule has 0 aromatic rings. The maximum absolute atomic E-state index is 6.82. The molecule has 0 aromatic carbocycles. The van der Waals surface area contributed by atoms with Crippen LogP contribution < -0.4 is 0 Å². The summed E-state index contributed by atoms with van der Waals surface area (Å²) < 4.78 is 6.82. The number of hydrogen-bond donors (Lipinski definition) is 0. The molecule has 124 valence electrons. The summed E-state index contributed by atoms with van der Waals surface area (Å²) in [5.74, 6) is 4.80. The van der Waals surface area contributed by atoms with E-state index in [1.807, 2.05) is 0 Å². The highest BCUT2D eigenvalue weighted by Crippen LogP contribution is 2.41. The summed E-state index contributed by atoms with van der Waals surface area (Å²) >= 11 is 0. The molecule has 0 amide bonds. The van der Waals surface area contributed by atoms with Crippen molar-refractivity contribution in [2.24, 2.45) is 35.5 Å². The van der Waals surface area contributed by atoms with Crippen LogP contribution in [0.2, 0.25) is 0 Å². The third-order valence-electron chi connectivity index (χ3n) is 6.27. The fourth-order valence-corrected chi connectivity index (χ4v) is 4.77. The standard InChI is InChI=1S/C20H38O/c1-13(2)17-9-7-15(5)11-19(17)21-20-12-16(6)8-10-18(20)14(3)4/h13-20H,7-12H2,1-6H3/t15-,16-,17+,18+,19-,20-/m0/s1. The van der Waals surface area contributed by atoms with Crippen molar-refractivity contribution in [1.29, 1.82) is 0 Å². The largest absolute Gasteiger partial charge is 0.374 e. The molecule has 0 saturated heterocycles. The molecule has 0 aromatic heterocycles. The molecule has 0 unspecified atom stereocenters. The zero-order valence-electron chi connectivity index (χ0n) is 15.3. The van der Waals surface area contributed by atoms with Crippen LogP contribution in [0.25, 0.3) is 0 Å². The molecule has 21 heavy (non-hydrogen) atoms. The summed E-state index contributed by atoms with van der Waals surface area (Å²) in [5, 5.41) is 0. The van der Waals surface area contributed by atoms with E-state index in [4.69, 9.17) is 4.74 Å². The minimum absolute atomic E-state index is 0.519. The first-order chi connectivity index (χ1) is 9.88. The highest BCUT2D eigenvalue weighted by molar-refractivity contribution is 4.86. The van der Waals surface area contributed by atoms with Gasteiger partial charge in [-0.15, -0.1) is 0 Å². The predicted octanol–water partition coefficient (Wildman–Crippen LogP) is 5.92. The van der Waals surface area contributed by atoms with Crippen LogP contribution in [0.4, 0.5) is 0 Å². The van der Waals surface area contributed by atoms with Crippen LogP contribution in [0.3, 0.4) is 0 Å². The molecule has 2 saturated carbocycles. The van der Waals surface area contributed by atoms with Crippen LogP contribution in [0.15, 0.2) is 0 Å². The Bertz CT molecular complexity index is 279. The van der Waals surface area contributed by atoms with Crippen LogP contribution in [-0.2, 0) is 4.74 Å². The minimum Gasteiger partial charge on any atom is -0.374 e. The maximum atomic E-state index is 6.82. The second-order valence-electron chi connectivity index (χ2n) is 8.87. The lowest BCUT2D eigenvalue weighted by atomic mass is 9.73. The first-order valence-electron chi connectivity index (χ1n) is 9.53. The van der Waals surface area contributed by atoms with E-state index in [1.165, 1.54) is 38.5 Å². The van der Waals surface area contributed by atoms with Crippen molar-refractivity contribution in [2.75, 3.05) is 0 Å². The molecule has 1 heteroatoms. The van der Waals surface area contributed by atoms with Gasteiger partial charge in [0.1, 0.15) is 0 Å². The number of hydrogen-bond acceptors (Lipinski definition) is 1. The van der Waals surface area contributed by atoms with E-state index in [0.717, 1.165) is 35.5 Å². The Labute approximate surface area is 133 Å². The van der Waals surface area contributed by atoms with Gasteiger partial charge in [-0.3, -0.25) is 0 Å². The van der Waals surface area contributed by atoms with Gasteiger partial charge in [0, 0.05) is 0 Å². The van der Waals surface area contributed by atoms with Gasteiger partial charge in [-0.1, -0.05) is 54.4 Å². The average molecular weight is 295 g/mol. The molecule has 0 spiro atoms. The summed E-state index contributed by atoms with van der Waals surface area (Å²) in [6, 6.07) is 0. The highest BCUT2D eigenvalue weighted by Gasteiger charge is 2.37. The molecule has 0 aliphatic heterocycles. The summed E-state index contributed by atoms with van der Waals surface area (Å²) in [7, 11) is 0. The molecular weight excluding hydrogens is 256 g/mol. The smallest absolute Gasteiger partial charge is 0.0612 e. The molecule has 1 nitrogen and oxygen atoms in total. The van der Waals surface area contributed by atoms with Gasteiger partial charge in [0.2, 0.25) is 0 Å². The average Bonchev–Trinajstić information content (AvgIpc) is 2.38. The third-order valence-corrected chi connectivity index (χ3v) is 6.27.